The van der Waals surface area contributed by atoms with Gasteiger partial charge in [-0.2, -0.15) is 18.3 Å². The molecule has 236 valence electrons. The molecule has 0 saturated heterocycles. The predicted molar refractivity (Wildman–Crippen MR) is 158 cm³/mol. The third kappa shape index (κ3) is 7.39. The van der Waals surface area contributed by atoms with Crippen LogP contribution in [0, 0.1) is 23.7 Å². The quantitative estimate of drug-likeness (QED) is 0.292. The molecule has 7 nitrogen and oxygen atoms in total. The highest BCUT2D eigenvalue weighted by Gasteiger charge is 2.45. The lowest BCUT2D eigenvalue weighted by atomic mass is 9.73. The topological polar surface area (TPSA) is 92.5 Å². The van der Waals surface area contributed by atoms with Crippen molar-refractivity contribution in [3.63, 3.8) is 0 Å². The Morgan fingerprint density at radius 2 is 1.58 bits per heavy atom. The number of amides is 1. The van der Waals surface area contributed by atoms with E-state index < -0.39 is 53.1 Å². The summed E-state index contributed by atoms with van der Waals surface area (Å²) in [7, 11) is 0. The van der Waals surface area contributed by atoms with Crippen molar-refractivity contribution in [1.82, 2.24) is 14.7 Å². The van der Waals surface area contributed by atoms with Crippen LogP contribution in [-0.2, 0) is 11.0 Å². The van der Waals surface area contributed by atoms with Gasteiger partial charge in [-0.15, -0.1) is 0 Å². The molecule has 0 atom stereocenters. The van der Waals surface area contributed by atoms with Crippen LogP contribution in [0.15, 0.2) is 18.3 Å². The minimum atomic E-state index is -4.91. The van der Waals surface area contributed by atoms with E-state index in [0.717, 1.165) is 42.1 Å². The fraction of sp³-hybridized carbons (Fsp3) is 0.613. The molecule has 1 heterocycles. The van der Waals surface area contributed by atoms with E-state index in [2.05, 4.69) is 18.9 Å². The van der Waals surface area contributed by atoms with E-state index in [0.29, 0.717) is 0 Å². The van der Waals surface area contributed by atoms with Crippen molar-refractivity contribution < 1.29 is 32.7 Å². The van der Waals surface area contributed by atoms with Gasteiger partial charge in [0.2, 0.25) is 0 Å². The number of alkyl halides is 3. The van der Waals surface area contributed by atoms with Crippen LogP contribution in [0.1, 0.15) is 110 Å². The molecule has 1 amide bonds. The number of carboxylic acid groups (broad SMARTS) is 1. The summed E-state index contributed by atoms with van der Waals surface area (Å²) in [4.78, 5) is 40.3. The largest absolute Gasteiger partial charge is 0.481 e. The lowest BCUT2D eigenvalue weighted by Crippen LogP contribution is -2.41. The van der Waals surface area contributed by atoms with Crippen molar-refractivity contribution in [2.24, 2.45) is 16.7 Å². The number of hydrogen-bond acceptors (Lipinski definition) is 4. The highest BCUT2D eigenvalue weighted by molar-refractivity contribution is 6.40. The summed E-state index contributed by atoms with van der Waals surface area (Å²) in [6.45, 7) is 7.27. The van der Waals surface area contributed by atoms with Crippen molar-refractivity contribution >= 4 is 40.9 Å². The Labute approximate surface area is 259 Å². The highest BCUT2D eigenvalue weighted by Crippen LogP contribution is 2.44. The number of carbonyl (C=O) groups is 3. The molecule has 1 aromatic carbocycles. The number of Topliss-reactive ketones (excluding diaryl/α,β-unsaturated/α-hetero) is 1. The molecular weight excluding hydrogens is 606 g/mol. The monoisotopic (exact) mass is 643 g/mol. The number of carbonyl (C=O) groups excluding carboxylic acids is 2. The first-order chi connectivity index (χ1) is 19.9. The van der Waals surface area contributed by atoms with Crippen LogP contribution < -0.4 is 0 Å². The predicted octanol–water partition coefficient (Wildman–Crippen LogP) is 8.26. The molecule has 2 fully saturated rings. The molecule has 12 heteroatoms. The molecule has 2 saturated carbocycles. The molecule has 0 bridgehead atoms. The van der Waals surface area contributed by atoms with E-state index in [9.17, 15) is 32.7 Å². The molecule has 0 aliphatic heterocycles. The van der Waals surface area contributed by atoms with Crippen molar-refractivity contribution in [1.29, 1.82) is 0 Å². The van der Waals surface area contributed by atoms with Crippen molar-refractivity contribution in [2.45, 2.75) is 91.3 Å². The van der Waals surface area contributed by atoms with Gasteiger partial charge in [-0.25, -0.2) is 0 Å². The summed E-state index contributed by atoms with van der Waals surface area (Å²) in [6.07, 6.45) is 0.0514. The van der Waals surface area contributed by atoms with Gasteiger partial charge in [0.25, 0.3) is 5.91 Å². The maximum atomic E-state index is 14.6. The second kappa shape index (κ2) is 12.4. The van der Waals surface area contributed by atoms with Crippen LogP contribution >= 0.6 is 23.2 Å². The Kier molecular flexibility index (Phi) is 9.62. The summed E-state index contributed by atoms with van der Waals surface area (Å²) in [5.74, 6) is -2.49. The normalized spacial score (nSPS) is 22.8. The summed E-state index contributed by atoms with van der Waals surface area (Å²) in [5.41, 5.74) is -1.96. The molecule has 2 aliphatic carbocycles. The Hall–Kier alpha value is -2.59. The number of rotatable bonds is 8. The van der Waals surface area contributed by atoms with Crippen LogP contribution in [0.25, 0.3) is 0 Å². The van der Waals surface area contributed by atoms with E-state index >= 15 is 0 Å². The van der Waals surface area contributed by atoms with Crippen molar-refractivity contribution in [3.05, 3.63) is 50.8 Å². The first-order valence-corrected chi connectivity index (χ1v) is 15.3. The average Bonchev–Trinajstić information content (AvgIpc) is 3.35. The molecule has 2 aliphatic rings. The molecule has 0 radical (unpaired) electrons. The van der Waals surface area contributed by atoms with E-state index in [1.54, 1.807) is 26.0 Å². The number of ketones is 1. The highest BCUT2D eigenvalue weighted by atomic mass is 35.5. The van der Waals surface area contributed by atoms with Gasteiger partial charge < -0.3 is 10.0 Å². The number of aryl methyl sites for hydroxylation is 1. The number of hydrogen-bond donors (Lipinski definition) is 1. The first-order valence-electron chi connectivity index (χ1n) is 14.6. The van der Waals surface area contributed by atoms with Gasteiger partial charge in [0.15, 0.2) is 11.5 Å². The van der Waals surface area contributed by atoms with Gasteiger partial charge in [0.05, 0.1) is 45.4 Å². The van der Waals surface area contributed by atoms with Crippen LogP contribution in [0.3, 0.4) is 0 Å². The molecular formula is C31H38Cl2F3N3O4. The zero-order valence-electron chi connectivity index (χ0n) is 24.9. The van der Waals surface area contributed by atoms with Crippen LogP contribution in [0.4, 0.5) is 13.2 Å². The van der Waals surface area contributed by atoms with E-state index in [1.807, 2.05) is 0 Å². The van der Waals surface area contributed by atoms with Crippen molar-refractivity contribution in [2.75, 3.05) is 13.1 Å². The molecule has 4 rings (SSSR count). The van der Waals surface area contributed by atoms with Gasteiger partial charge in [-0.05, 0) is 94.2 Å². The Morgan fingerprint density at radius 1 is 1.02 bits per heavy atom. The summed E-state index contributed by atoms with van der Waals surface area (Å²) >= 11 is 12.7. The zero-order valence-corrected chi connectivity index (χ0v) is 26.4. The standard InChI is InChI=1S/C31H38Cl2F3N3O4/c1-18-13-22(32)25(23(33)14-18)24(40)17-38(16-19-5-9-29(2,3)10-6-19)27(41)21-15-37-39(26(21)31(34,35)36)20-7-11-30(4,12-8-20)28(42)43/h13-15,19-20H,5-12,16-17H2,1-4H3,(H,42,43). The maximum Gasteiger partial charge on any atom is 0.433 e. The number of nitrogens with zero attached hydrogens (tertiary/aromatic N) is 3. The lowest BCUT2D eigenvalue weighted by Gasteiger charge is -2.36. The van der Waals surface area contributed by atoms with Gasteiger partial charge in [0.1, 0.15) is 0 Å². The molecule has 1 aromatic heterocycles. The maximum absolute atomic E-state index is 14.6. The first kappa shape index (κ1) is 33.3. The van der Waals surface area contributed by atoms with Gasteiger partial charge >= 0.3 is 12.1 Å². The number of aliphatic carboxylic acids is 1. The summed E-state index contributed by atoms with van der Waals surface area (Å²) in [6, 6.07) is 2.43. The molecule has 2 aromatic rings. The van der Waals surface area contributed by atoms with Gasteiger partial charge in [-0.1, -0.05) is 37.0 Å². The second-order valence-corrected chi connectivity index (χ2v) is 14.1. The molecule has 0 unspecified atom stereocenters. The Balaban J connectivity index is 1.67. The second-order valence-electron chi connectivity index (χ2n) is 13.3. The lowest BCUT2D eigenvalue weighted by molar-refractivity contribution is -0.152. The van der Waals surface area contributed by atoms with Crippen LogP contribution in [-0.4, -0.2) is 50.5 Å². The summed E-state index contributed by atoms with van der Waals surface area (Å²) < 4.78 is 44.6. The van der Waals surface area contributed by atoms with Gasteiger partial charge in [0, 0.05) is 6.54 Å². The smallest absolute Gasteiger partial charge is 0.433 e. The molecule has 0 spiro atoms. The third-order valence-corrected chi connectivity index (χ3v) is 9.84. The zero-order chi connectivity index (χ0) is 31.9. The Morgan fingerprint density at radius 3 is 2.09 bits per heavy atom. The minimum Gasteiger partial charge on any atom is -0.481 e. The van der Waals surface area contributed by atoms with Gasteiger partial charge in [-0.3, -0.25) is 19.1 Å². The number of halogens is 5. The minimum absolute atomic E-state index is 0.00478. The van der Waals surface area contributed by atoms with E-state index in [-0.39, 0.29) is 59.2 Å². The van der Waals surface area contributed by atoms with Crippen LogP contribution in [0.5, 0.6) is 0 Å². The fourth-order valence-corrected chi connectivity index (χ4v) is 7.14. The Bertz CT molecular complexity index is 1360. The number of benzene rings is 1. The third-order valence-electron chi connectivity index (χ3n) is 9.24. The summed E-state index contributed by atoms with van der Waals surface area (Å²) in [5, 5.41) is 13.8. The van der Waals surface area contributed by atoms with Crippen molar-refractivity contribution in [3.8, 4) is 0 Å². The molecule has 1 N–H and O–H groups in total. The fourth-order valence-electron chi connectivity index (χ4n) is 6.34. The van der Waals surface area contributed by atoms with Crippen LogP contribution in [0.2, 0.25) is 10.0 Å². The number of carboxylic acids is 1. The van der Waals surface area contributed by atoms with E-state index in [4.69, 9.17) is 23.2 Å². The average molecular weight is 645 g/mol. The van der Waals surface area contributed by atoms with E-state index in [1.165, 1.54) is 4.90 Å². The molecule has 43 heavy (non-hydrogen) atoms. The number of aromatic nitrogens is 2. The SMILES string of the molecule is Cc1cc(Cl)c(C(=O)CN(CC2CCC(C)(C)CC2)C(=O)c2cnn(C3CCC(C)(C(=O)O)CC3)c2C(F)(F)F)c(Cl)c1.